The SMILES string of the molecule is CC(=O)N1CCN(S(=O)(=O)c2cccc(C(=O)NCCC(=O)N3CCCCCC3)c2)CC1. The molecule has 10 heteroatoms. The standard InChI is InChI=1S/C22H32N4O5S/c1-18(27)24-13-15-26(16-14-24)32(30,31)20-8-6-7-19(17-20)22(29)23-10-9-21(28)25-11-4-2-3-5-12-25/h6-8,17H,2-5,9-16H2,1H3,(H,23,29). The van der Waals surface area contributed by atoms with Gasteiger partial charge in [0.15, 0.2) is 0 Å². The highest BCUT2D eigenvalue weighted by atomic mass is 32.2. The molecule has 0 aromatic heterocycles. The van der Waals surface area contributed by atoms with E-state index in [0.717, 1.165) is 38.8 Å². The number of nitrogens with one attached hydrogen (secondary N) is 1. The highest BCUT2D eigenvalue weighted by Gasteiger charge is 2.29. The van der Waals surface area contributed by atoms with Crippen LogP contribution in [-0.2, 0) is 19.6 Å². The van der Waals surface area contributed by atoms with E-state index in [2.05, 4.69) is 5.32 Å². The minimum atomic E-state index is -3.76. The van der Waals surface area contributed by atoms with E-state index >= 15 is 0 Å². The zero-order chi connectivity index (χ0) is 23.1. The predicted molar refractivity (Wildman–Crippen MR) is 119 cm³/mol. The van der Waals surface area contributed by atoms with Crippen LogP contribution in [0.4, 0.5) is 0 Å². The number of amides is 3. The van der Waals surface area contributed by atoms with Gasteiger partial charge in [0.25, 0.3) is 5.91 Å². The lowest BCUT2D eigenvalue weighted by molar-refractivity contribution is -0.131. The van der Waals surface area contributed by atoms with E-state index in [-0.39, 0.29) is 48.3 Å². The average molecular weight is 465 g/mol. The minimum absolute atomic E-state index is 0.0354. The van der Waals surface area contributed by atoms with Crippen LogP contribution in [0.1, 0.15) is 49.4 Å². The summed E-state index contributed by atoms with van der Waals surface area (Å²) >= 11 is 0. The average Bonchev–Trinajstić information content (AvgIpc) is 3.09. The molecule has 2 saturated heterocycles. The van der Waals surface area contributed by atoms with Crippen molar-refractivity contribution in [2.24, 2.45) is 0 Å². The molecule has 2 heterocycles. The van der Waals surface area contributed by atoms with Gasteiger partial charge in [-0.15, -0.1) is 0 Å². The Kier molecular flexibility index (Phi) is 8.25. The first-order chi connectivity index (χ1) is 15.3. The first kappa shape index (κ1) is 24.2. The number of nitrogens with zero attached hydrogens (tertiary/aromatic N) is 3. The Morgan fingerprint density at radius 2 is 1.56 bits per heavy atom. The Hall–Kier alpha value is -2.46. The molecule has 1 N–H and O–H groups in total. The predicted octanol–water partition coefficient (Wildman–Crippen LogP) is 1.06. The largest absolute Gasteiger partial charge is 0.352 e. The second-order valence-corrected chi connectivity index (χ2v) is 10.2. The maximum absolute atomic E-state index is 13.0. The monoisotopic (exact) mass is 464 g/mol. The molecule has 2 aliphatic rings. The smallest absolute Gasteiger partial charge is 0.251 e. The van der Waals surface area contributed by atoms with E-state index in [1.54, 1.807) is 11.0 Å². The van der Waals surface area contributed by atoms with Gasteiger partial charge in [0.05, 0.1) is 4.90 Å². The summed E-state index contributed by atoms with van der Waals surface area (Å²) in [5, 5.41) is 2.72. The second kappa shape index (κ2) is 10.9. The topological polar surface area (TPSA) is 107 Å². The molecule has 3 rings (SSSR count). The fourth-order valence-corrected chi connectivity index (χ4v) is 5.52. The van der Waals surface area contributed by atoms with Crippen LogP contribution in [0.2, 0.25) is 0 Å². The lowest BCUT2D eigenvalue weighted by Crippen LogP contribution is -2.49. The van der Waals surface area contributed by atoms with Crippen LogP contribution in [0.5, 0.6) is 0 Å². The number of likely N-dealkylation sites (tertiary alicyclic amines) is 1. The molecule has 176 valence electrons. The normalized spacial score (nSPS) is 18.2. The van der Waals surface area contributed by atoms with Gasteiger partial charge in [-0.2, -0.15) is 4.31 Å². The maximum atomic E-state index is 13.0. The lowest BCUT2D eigenvalue weighted by atomic mass is 10.2. The van der Waals surface area contributed by atoms with Crippen molar-refractivity contribution in [1.29, 1.82) is 0 Å². The number of rotatable bonds is 6. The van der Waals surface area contributed by atoms with Gasteiger partial charge in [0, 0.05) is 64.7 Å². The van der Waals surface area contributed by atoms with Crippen molar-refractivity contribution in [3.05, 3.63) is 29.8 Å². The van der Waals surface area contributed by atoms with Gasteiger partial charge in [0.2, 0.25) is 21.8 Å². The number of carbonyl (C=O) groups is 3. The van der Waals surface area contributed by atoms with Crippen LogP contribution in [0.25, 0.3) is 0 Å². The first-order valence-corrected chi connectivity index (χ1v) is 12.6. The molecule has 0 atom stereocenters. The van der Waals surface area contributed by atoms with Gasteiger partial charge in [-0.05, 0) is 31.0 Å². The third-order valence-electron chi connectivity index (χ3n) is 6.00. The molecule has 0 radical (unpaired) electrons. The molecule has 0 saturated carbocycles. The first-order valence-electron chi connectivity index (χ1n) is 11.2. The van der Waals surface area contributed by atoms with Crippen molar-refractivity contribution in [3.63, 3.8) is 0 Å². The van der Waals surface area contributed by atoms with Crippen molar-refractivity contribution in [2.45, 2.75) is 43.9 Å². The van der Waals surface area contributed by atoms with Crippen molar-refractivity contribution in [2.75, 3.05) is 45.8 Å². The second-order valence-electron chi connectivity index (χ2n) is 8.24. The molecule has 32 heavy (non-hydrogen) atoms. The zero-order valence-corrected chi connectivity index (χ0v) is 19.4. The summed E-state index contributed by atoms with van der Waals surface area (Å²) in [4.78, 5) is 39.9. The van der Waals surface area contributed by atoms with Crippen LogP contribution < -0.4 is 5.32 Å². The number of piperazine rings is 1. The summed E-state index contributed by atoms with van der Waals surface area (Å²) in [6.07, 6.45) is 4.55. The molecule has 0 aliphatic carbocycles. The van der Waals surface area contributed by atoms with Gasteiger partial charge in [-0.25, -0.2) is 8.42 Å². The van der Waals surface area contributed by atoms with Crippen molar-refractivity contribution in [1.82, 2.24) is 19.4 Å². The van der Waals surface area contributed by atoms with Gasteiger partial charge < -0.3 is 15.1 Å². The van der Waals surface area contributed by atoms with Crippen LogP contribution in [-0.4, -0.2) is 86.1 Å². The van der Waals surface area contributed by atoms with E-state index in [4.69, 9.17) is 0 Å². The van der Waals surface area contributed by atoms with Gasteiger partial charge in [-0.3, -0.25) is 14.4 Å². The number of hydrogen-bond donors (Lipinski definition) is 1. The molecule has 0 unspecified atom stereocenters. The fraction of sp³-hybridized carbons (Fsp3) is 0.591. The summed E-state index contributed by atoms with van der Waals surface area (Å²) in [5.41, 5.74) is 0.232. The van der Waals surface area contributed by atoms with Crippen LogP contribution in [0.3, 0.4) is 0 Å². The number of hydrogen-bond acceptors (Lipinski definition) is 5. The number of benzene rings is 1. The number of sulfonamides is 1. The Morgan fingerprint density at radius 1 is 0.906 bits per heavy atom. The quantitative estimate of drug-likeness (QED) is 0.678. The van der Waals surface area contributed by atoms with Gasteiger partial charge in [0.1, 0.15) is 0 Å². The summed E-state index contributed by atoms with van der Waals surface area (Å²) in [6.45, 7) is 4.35. The molecule has 9 nitrogen and oxygen atoms in total. The van der Waals surface area contributed by atoms with Crippen LogP contribution >= 0.6 is 0 Å². The summed E-state index contributed by atoms with van der Waals surface area (Å²) in [5.74, 6) is -0.449. The van der Waals surface area contributed by atoms with Crippen molar-refractivity contribution in [3.8, 4) is 0 Å². The molecule has 1 aromatic carbocycles. The summed E-state index contributed by atoms with van der Waals surface area (Å²) < 4.78 is 27.3. The van der Waals surface area contributed by atoms with E-state index in [1.165, 1.54) is 29.4 Å². The van der Waals surface area contributed by atoms with Crippen LogP contribution in [0.15, 0.2) is 29.2 Å². The molecule has 1 aromatic rings. The Bertz CT molecular complexity index is 933. The Morgan fingerprint density at radius 3 is 2.19 bits per heavy atom. The molecular weight excluding hydrogens is 432 g/mol. The Labute approximate surface area is 189 Å². The highest BCUT2D eigenvalue weighted by molar-refractivity contribution is 7.89. The van der Waals surface area contributed by atoms with E-state index in [1.807, 2.05) is 4.90 Å². The number of carbonyl (C=O) groups excluding carboxylic acids is 3. The molecule has 2 fully saturated rings. The third-order valence-corrected chi connectivity index (χ3v) is 7.90. The van der Waals surface area contributed by atoms with Gasteiger partial charge >= 0.3 is 0 Å². The van der Waals surface area contributed by atoms with E-state index < -0.39 is 15.9 Å². The maximum Gasteiger partial charge on any atom is 0.251 e. The molecule has 0 bridgehead atoms. The molecule has 0 spiro atoms. The lowest BCUT2D eigenvalue weighted by Gasteiger charge is -2.33. The summed E-state index contributed by atoms with van der Waals surface area (Å²) in [6, 6.07) is 5.92. The zero-order valence-electron chi connectivity index (χ0n) is 18.6. The molecular formula is C22H32N4O5S. The van der Waals surface area contributed by atoms with E-state index in [9.17, 15) is 22.8 Å². The van der Waals surface area contributed by atoms with Crippen LogP contribution in [0, 0.1) is 0 Å². The van der Waals surface area contributed by atoms with Crippen molar-refractivity contribution < 1.29 is 22.8 Å². The third kappa shape index (κ3) is 6.07. The summed E-state index contributed by atoms with van der Waals surface area (Å²) in [7, 11) is -3.76. The minimum Gasteiger partial charge on any atom is -0.352 e. The fourth-order valence-electron chi connectivity index (χ4n) is 4.05. The van der Waals surface area contributed by atoms with Crippen molar-refractivity contribution >= 4 is 27.7 Å². The van der Waals surface area contributed by atoms with Gasteiger partial charge in [-0.1, -0.05) is 18.9 Å². The Balaban J connectivity index is 1.56. The molecule has 2 aliphatic heterocycles. The van der Waals surface area contributed by atoms with E-state index in [0.29, 0.717) is 13.1 Å². The highest BCUT2D eigenvalue weighted by Crippen LogP contribution is 2.19. The molecule has 3 amide bonds.